The molecular formula is C18H10F3N3O5. The maximum absolute atomic E-state index is 12.8. The number of nitrogens with one attached hydrogen (secondary N) is 1. The van der Waals surface area contributed by atoms with E-state index in [1.54, 1.807) is 6.07 Å². The zero-order valence-corrected chi connectivity index (χ0v) is 14.3. The molecule has 1 amide bonds. The van der Waals surface area contributed by atoms with Crippen molar-refractivity contribution in [2.45, 2.75) is 6.18 Å². The number of hydrogen-bond donors (Lipinski definition) is 1. The Hall–Kier alpha value is -4.07. The second-order valence-corrected chi connectivity index (χ2v) is 5.72. The molecule has 0 saturated heterocycles. The van der Waals surface area contributed by atoms with Gasteiger partial charge in [-0.1, -0.05) is 6.07 Å². The summed E-state index contributed by atoms with van der Waals surface area (Å²) in [5, 5.41) is 22.7. The molecule has 11 heteroatoms. The quantitative estimate of drug-likeness (QED) is 0.357. The number of anilines is 1. The fourth-order valence-electron chi connectivity index (χ4n) is 2.50. The van der Waals surface area contributed by atoms with Crippen molar-refractivity contribution in [2.24, 2.45) is 0 Å². The number of carbonyl (C=O) groups excluding carboxylic acids is 1. The smallest absolute Gasteiger partial charge is 0.416 e. The van der Waals surface area contributed by atoms with Gasteiger partial charge in [0.2, 0.25) is 6.79 Å². The minimum Gasteiger partial charge on any atom is -0.454 e. The molecule has 2 aromatic carbocycles. The minimum absolute atomic E-state index is 0.102. The van der Waals surface area contributed by atoms with Crippen LogP contribution >= 0.6 is 0 Å². The fourth-order valence-corrected chi connectivity index (χ4v) is 2.50. The van der Waals surface area contributed by atoms with Gasteiger partial charge in [0.1, 0.15) is 11.6 Å². The summed E-state index contributed by atoms with van der Waals surface area (Å²) < 4.78 is 48.5. The van der Waals surface area contributed by atoms with Crippen LogP contribution in [0.5, 0.6) is 11.5 Å². The fraction of sp³-hybridized carbons (Fsp3) is 0.111. The van der Waals surface area contributed by atoms with Gasteiger partial charge in [0.05, 0.1) is 22.1 Å². The summed E-state index contributed by atoms with van der Waals surface area (Å²) in [6.45, 7) is -0.138. The van der Waals surface area contributed by atoms with E-state index in [0.29, 0.717) is 6.07 Å². The number of rotatable bonds is 4. The molecule has 0 spiro atoms. The van der Waals surface area contributed by atoms with E-state index in [1.807, 2.05) is 0 Å². The number of amides is 1. The predicted octanol–water partition coefficient (Wildman–Crippen LogP) is 3.89. The van der Waals surface area contributed by atoms with E-state index in [2.05, 4.69) is 5.32 Å². The highest BCUT2D eigenvalue weighted by Crippen LogP contribution is 2.38. The molecule has 0 atom stereocenters. The van der Waals surface area contributed by atoms with Gasteiger partial charge >= 0.3 is 6.18 Å². The van der Waals surface area contributed by atoms with E-state index >= 15 is 0 Å². The molecule has 0 aromatic heterocycles. The van der Waals surface area contributed by atoms with Crippen molar-refractivity contribution in [1.82, 2.24) is 0 Å². The summed E-state index contributed by atoms with van der Waals surface area (Å²) in [6.07, 6.45) is -3.66. The van der Waals surface area contributed by atoms with Crippen molar-refractivity contribution in [2.75, 3.05) is 12.1 Å². The standard InChI is InChI=1S/C18H10F3N3O5/c19-18(20,21)12-2-1-3-13(6-12)23-17(25)11(8-22)4-10-5-15-16(29-9-28-15)7-14(10)24(26)27/h1-7H,9H2,(H,23,25). The van der Waals surface area contributed by atoms with Crippen LogP contribution in [-0.2, 0) is 11.0 Å². The molecule has 8 nitrogen and oxygen atoms in total. The zero-order chi connectivity index (χ0) is 21.2. The van der Waals surface area contributed by atoms with Crippen molar-refractivity contribution in [3.8, 4) is 17.6 Å². The van der Waals surface area contributed by atoms with Crippen LogP contribution in [0.4, 0.5) is 24.5 Å². The molecule has 0 saturated carbocycles. The number of ether oxygens (including phenoxy) is 2. The van der Waals surface area contributed by atoms with Crippen LogP contribution in [0.2, 0.25) is 0 Å². The molecule has 0 aliphatic carbocycles. The van der Waals surface area contributed by atoms with Crippen molar-refractivity contribution in [3.05, 3.63) is 63.2 Å². The molecule has 1 aliphatic rings. The Labute approximate surface area is 160 Å². The number of nitro benzene ring substituents is 1. The Bertz CT molecular complexity index is 1070. The van der Waals surface area contributed by atoms with Crippen LogP contribution in [0, 0.1) is 21.4 Å². The van der Waals surface area contributed by atoms with E-state index in [0.717, 1.165) is 24.3 Å². The monoisotopic (exact) mass is 405 g/mol. The molecule has 0 unspecified atom stereocenters. The lowest BCUT2D eigenvalue weighted by atomic mass is 10.1. The summed E-state index contributed by atoms with van der Waals surface area (Å²) in [5.41, 5.74) is -2.26. The van der Waals surface area contributed by atoms with Crippen LogP contribution in [0.25, 0.3) is 6.08 Å². The Morgan fingerprint density at radius 2 is 1.93 bits per heavy atom. The molecule has 2 aromatic rings. The Balaban J connectivity index is 1.92. The molecule has 1 N–H and O–H groups in total. The summed E-state index contributed by atoms with van der Waals surface area (Å²) in [7, 11) is 0. The number of nitro groups is 1. The summed E-state index contributed by atoms with van der Waals surface area (Å²) in [4.78, 5) is 22.9. The Morgan fingerprint density at radius 3 is 2.55 bits per heavy atom. The second kappa shape index (κ2) is 7.51. The van der Waals surface area contributed by atoms with Gasteiger partial charge in [-0.05, 0) is 30.3 Å². The van der Waals surface area contributed by atoms with Gasteiger partial charge < -0.3 is 14.8 Å². The topological polar surface area (TPSA) is 114 Å². The maximum atomic E-state index is 12.8. The number of nitrogens with zero attached hydrogens (tertiary/aromatic N) is 2. The number of nitriles is 1. The van der Waals surface area contributed by atoms with Crippen LogP contribution in [0.3, 0.4) is 0 Å². The number of benzene rings is 2. The normalized spacial score (nSPS) is 13.0. The zero-order valence-electron chi connectivity index (χ0n) is 14.3. The summed E-state index contributed by atoms with van der Waals surface area (Å²) in [6, 6.07) is 7.74. The van der Waals surface area contributed by atoms with Crippen LogP contribution in [0.15, 0.2) is 42.0 Å². The van der Waals surface area contributed by atoms with Gasteiger partial charge in [0, 0.05) is 5.69 Å². The van der Waals surface area contributed by atoms with Crippen LogP contribution in [0.1, 0.15) is 11.1 Å². The first-order valence-corrected chi connectivity index (χ1v) is 7.87. The van der Waals surface area contributed by atoms with Crippen molar-refractivity contribution < 1.29 is 32.4 Å². The van der Waals surface area contributed by atoms with E-state index in [-0.39, 0.29) is 29.5 Å². The highest BCUT2D eigenvalue weighted by molar-refractivity contribution is 6.10. The highest BCUT2D eigenvalue weighted by Gasteiger charge is 2.30. The summed E-state index contributed by atoms with van der Waals surface area (Å²) >= 11 is 0. The molecule has 3 rings (SSSR count). The number of fused-ring (bicyclic) bond motifs is 1. The number of alkyl halides is 3. The lowest BCUT2D eigenvalue weighted by molar-refractivity contribution is -0.385. The van der Waals surface area contributed by atoms with Gasteiger partial charge in [-0.15, -0.1) is 0 Å². The van der Waals surface area contributed by atoms with Crippen LogP contribution in [-0.4, -0.2) is 17.6 Å². The van der Waals surface area contributed by atoms with Gasteiger partial charge in [0.15, 0.2) is 11.5 Å². The molecule has 0 bridgehead atoms. The SMILES string of the molecule is N#CC(=Cc1cc2c(cc1[N+](=O)[O-])OCO2)C(=O)Nc1cccc(C(F)(F)F)c1. The third kappa shape index (κ3) is 4.27. The average Bonchev–Trinajstić information content (AvgIpc) is 3.12. The van der Waals surface area contributed by atoms with Gasteiger partial charge in [0.25, 0.3) is 11.6 Å². The van der Waals surface area contributed by atoms with E-state index in [4.69, 9.17) is 9.47 Å². The Kier molecular flexibility index (Phi) is 5.10. The first kappa shape index (κ1) is 19.7. The lowest BCUT2D eigenvalue weighted by Gasteiger charge is -2.09. The molecular weight excluding hydrogens is 395 g/mol. The van der Waals surface area contributed by atoms with Crippen molar-refractivity contribution in [1.29, 1.82) is 5.26 Å². The van der Waals surface area contributed by atoms with Gasteiger partial charge in [-0.2, -0.15) is 18.4 Å². The molecule has 1 heterocycles. The van der Waals surface area contributed by atoms with E-state index in [9.17, 15) is 33.3 Å². The molecule has 148 valence electrons. The first-order valence-electron chi connectivity index (χ1n) is 7.87. The van der Waals surface area contributed by atoms with Crippen LogP contribution < -0.4 is 14.8 Å². The molecule has 0 radical (unpaired) electrons. The number of carbonyl (C=O) groups is 1. The maximum Gasteiger partial charge on any atom is 0.416 e. The minimum atomic E-state index is -4.61. The van der Waals surface area contributed by atoms with Crippen molar-refractivity contribution in [3.63, 3.8) is 0 Å². The van der Waals surface area contributed by atoms with E-state index < -0.39 is 33.8 Å². The Morgan fingerprint density at radius 1 is 1.24 bits per heavy atom. The third-order valence-electron chi connectivity index (χ3n) is 3.83. The predicted molar refractivity (Wildman–Crippen MR) is 92.9 cm³/mol. The first-order chi connectivity index (χ1) is 13.7. The highest BCUT2D eigenvalue weighted by atomic mass is 19.4. The number of halogens is 3. The van der Waals surface area contributed by atoms with Gasteiger partial charge in [-0.25, -0.2) is 0 Å². The van der Waals surface area contributed by atoms with Gasteiger partial charge in [-0.3, -0.25) is 14.9 Å². The van der Waals surface area contributed by atoms with Crippen molar-refractivity contribution >= 4 is 23.4 Å². The second-order valence-electron chi connectivity index (χ2n) is 5.72. The average molecular weight is 405 g/mol. The lowest BCUT2D eigenvalue weighted by Crippen LogP contribution is -2.14. The number of hydrogen-bond acceptors (Lipinski definition) is 6. The molecule has 1 aliphatic heterocycles. The van der Waals surface area contributed by atoms with E-state index in [1.165, 1.54) is 12.1 Å². The largest absolute Gasteiger partial charge is 0.454 e. The molecule has 29 heavy (non-hydrogen) atoms. The third-order valence-corrected chi connectivity index (χ3v) is 3.83. The molecule has 0 fully saturated rings. The summed E-state index contributed by atoms with van der Waals surface area (Å²) in [5.74, 6) is -0.697.